The third kappa shape index (κ3) is 3.95. The molecule has 0 unspecified atom stereocenters. The van der Waals surface area contributed by atoms with E-state index in [1.165, 1.54) is 22.3 Å². The average molecular weight is 457 g/mol. The summed E-state index contributed by atoms with van der Waals surface area (Å²) in [7, 11) is 14.8. The van der Waals surface area contributed by atoms with Gasteiger partial charge in [0.25, 0.3) is 0 Å². The number of hydrogen-bond donors (Lipinski definition) is 1. The first kappa shape index (κ1) is 21.1. The van der Waals surface area contributed by atoms with Crippen LogP contribution in [0.5, 0.6) is 0 Å². The Kier molecular flexibility index (Phi) is 6.30. The van der Waals surface area contributed by atoms with Gasteiger partial charge in [-0.1, -0.05) is 0 Å². The summed E-state index contributed by atoms with van der Waals surface area (Å²) in [6, 6.07) is 14.7. The quantitative estimate of drug-likeness (QED) is 0.370. The fourth-order valence-electron chi connectivity index (χ4n) is 3.96. The van der Waals surface area contributed by atoms with Gasteiger partial charge in [0.2, 0.25) is 0 Å². The second-order valence-electron chi connectivity index (χ2n) is 7.91. The van der Waals surface area contributed by atoms with Gasteiger partial charge in [0.15, 0.2) is 0 Å². The minimum atomic E-state index is -4.38. The van der Waals surface area contributed by atoms with Crippen LogP contribution < -0.4 is 7.67 Å². The van der Waals surface area contributed by atoms with E-state index < -0.39 is 19.4 Å². The molecule has 3 rings (SSSR count). The first-order valence-corrected chi connectivity index (χ1v) is 21.3. The van der Waals surface area contributed by atoms with Crippen LogP contribution >= 0.6 is 18.6 Å². The number of carbonyl (C=O) groups excluding carboxylic acids is 1. The van der Waals surface area contributed by atoms with E-state index in [9.17, 15) is 4.79 Å². The molecule has 2 nitrogen and oxygen atoms in total. The normalized spacial score (nSPS) is 14.4. The van der Waals surface area contributed by atoms with Crippen molar-refractivity contribution in [1.29, 1.82) is 0 Å². The number of fused-ring (bicyclic) bond motifs is 3. The van der Waals surface area contributed by atoms with E-state index in [4.69, 9.17) is 18.6 Å². The molecule has 1 N–H and O–H groups in total. The van der Waals surface area contributed by atoms with Gasteiger partial charge in [0.1, 0.15) is 0 Å². The van der Waals surface area contributed by atoms with Gasteiger partial charge in [-0.25, -0.2) is 0 Å². The minimum absolute atomic E-state index is 0.0137. The van der Waals surface area contributed by atoms with Gasteiger partial charge in [-0.15, -0.1) is 0 Å². The van der Waals surface area contributed by atoms with Gasteiger partial charge in [-0.3, -0.25) is 0 Å². The molecule has 0 radical (unpaired) electrons. The van der Waals surface area contributed by atoms with Gasteiger partial charge in [0.05, 0.1) is 0 Å². The fraction of sp³-hybridized carbons (Fsp3) is 0.381. The van der Waals surface area contributed by atoms with E-state index in [0.717, 1.165) is 29.6 Å². The summed E-state index contributed by atoms with van der Waals surface area (Å²) in [6.45, 7) is 4.90. The molecule has 0 aromatic heterocycles. The monoisotopic (exact) mass is 456 g/mol. The van der Waals surface area contributed by atoms with E-state index in [-0.39, 0.29) is 5.91 Å². The molecule has 0 aliphatic heterocycles. The van der Waals surface area contributed by atoms with E-state index >= 15 is 0 Å². The van der Waals surface area contributed by atoms with Crippen molar-refractivity contribution < 1.29 is 17.5 Å². The zero-order chi connectivity index (χ0) is 19.7. The summed E-state index contributed by atoms with van der Waals surface area (Å²) in [4.78, 5) is 12.7. The summed E-state index contributed by atoms with van der Waals surface area (Å²) >= 11 is -4.38. The van der Waals surface area contributed by atoms with Crippen LogP contribution in [0, 0.1) is 0 Å². The maximum atomic E-state index is 12.7. The molecular formula is C21H28Cl2NOSiTi. The maximum absolute atomic E-state index is 12.7. The van der Waals surface area contributed by atoms with Crippen LogP contribution in [0.25, 0.3) is 11.1 Å². The van der Waals surface area contributed by atoms with E-state index in [1.807, 2.05) is 6.07 Å². The standard InChI is InChI=1S/C13H9.C6H13NO.C2H7Si.2ClH.Ti/c1-3-7-12-10(5-1)9-11-6-2-4-8-13(11)12;1-2-3-4-5-6(7)8;1-3-2;;;/h1-5,7-8H,9H2;2-5H2,1H3,(H2,7,8);3H,1-2H3;2*1H;/q;;;;;+3/p-3. The first-order chi connectivity index (χ1) is 12.8. The topological polar surface area (TPSA) is 29.1 Å². The van der Waals surface area contributed by atoms with Crippen molar-refractivity contribution in [1.82, 2.24) is 3.80 Å². The van der Waals surface area contributed by atoms with Crippen LogP contribution in [-0.4, -0.2) is 12.6 Å². The Labute approximate surface area is 172 Å². The number of benzene rings is 2. The molecule has 1 amide bonds. The number of nitrogens with one attached hydrogen (secondary N) is 1. The van der Waals surface area contributed by atoms with E-state index in [0.29, 0.717) is 6.42 Å². The summed E-state index contributed by atoms with van der Waals surface area (Å²) in [6.07, 6.45) is 4.37. The predicted molar refractivity (Wildman–Crippen MR) is 117 cm³/mol. The Balaban J connectivity index is 2.02. The Hall–Kier alpha value is -0.579. The Morgan fingerprint density at radius 1 is 1.07 bits per heavy atom. The van der Waals surface area contributed by atoms with E-state index in [1.54, 1.807) is 0 Å². The van der Waals surface area contributed by atoms with Gasteiger partial charge >= 0.3 is 173 Å². The Bertz CT molecular complexity index is 869. The molecule has 0 saturated heterocycles. The third-order valence-corrected chi connectivity index (χ3v) is 35.8. The van der Waals surface area contributed by atoms with Crippen LogP contribution in [-0.2, 0) is 23.9 Å². The summed E-state index contributed by atoms with van der Waals surface area (Å²) in [5.74, 6) is 0.0137. The molecule has 0 heterocycles. The van der Waals surface area contributed by atoms with Crippen LogP contribution in [0.15, 0.2) is 42.5 Å². The molecule has 6 heteroatoms. The van der Waals surface area contributed by atoms with Crippen molar-refractivity contribution >= 4 is 35.0 Å². The van der Waals surface area contributed by atoms with Crippen molar-refractivity contribution in [3.63, 3.8) is 0 Å². The van der Waals surface area contributed by atoms with E-state index in [2.05, 4.69) is 60.2 Å². The number of hydrogen-bond acceptors (Lipinski definition) is 1. The predicted octanol–water partition coefficient (Wildman–Crippen LogP) is 5.48. The number of amides is 1. The Morgan fingerprint density at radius 2 is 1.78 bits per heavy atom. The number of halogens is 2. The first-order valence-electron chi connectivity index (χ1n) is 9.86. The second kappa shape index (κ2) is 8.04. The zero-order valence-electron chi connectivity index (χ0n) is 16.3. The van der Waals surface area contributed by atoms with Gasteiger partial charge in [-0.2, -0.15) is 0 Å². The molecule has 0 spiro atoms. The molecule has 0 bridgehead atoms. The Morgan fingerprint density at radius 3 is 2.48 bits per heavy atom. The molecule has 1 aliphatic carbocycles. The molecular weight excluding hydrogens is 429 g/mol. The van der Waals surface area contributed by atoms with Gasteiger partial charge in [-0.05, 0) is 0 Å². The molecule has 0 atom stereocenters. The van der Waals surface area contributed by atoms with Crippen LogP contribution in [0.3, 0.4) is 0 Å². The molecule has 0 fully saturated rings. The SMILES string of the molecule is CCCCCC(=O)[NH][Ti]([Cl])([Cl])([c]1cccc2c1Cc1ccccc1-2)[SiH](C)C. The van der Waals surface area contributed by atoms with Crippen molar-refractivity contribution in [3.8, 4) is 11.1 Å². The molecule has 145 valence electrons. The summed E-state index contributed by atoms with van der Waals surface area (Å²) < 4.78 is 4.28. The van der Waals surface area contributed by atoms with Crippen LogP contribution in [0.4, 0.5) is 0 Å². The number of rotatable bonds is 7. The molecule has 0 saturated carbocycles. The molecule has 2 aromatic carbocycles. The van der Waals surface area contributed by atoms with Crippen LogP contribution in [0.2, 0.25) is 13.1 Å². The molecule has 27 heavy (non-hydrogen) atoms. The fourth-order valence-corrected chi connectivity index (χ4v) is 16.3. The number of unbranched alkanes of at least 4 members (excludes halogenated alkanes) is 2. The van der Waals surface area contributed by atoms with Gasteiger partial charge in [0, 0.05) is 0 Å². The van der Waals surface area contributed by atoms with Crippen molar-refractivity contribution in [2.24, 2.45) is 0 Å². The summed E-state index contributed by atoms with van der Waals surface area (Å²) in [5, 5.41) is 0. The zero-order valence-corrected chi connectivity index (χ0v) is 20.5. The van der Waals surface area contributed by atoms with Crippen molar-refractivity contribution in [3.05, 3.63) is 53.6 Å². The second-order valence-corrected chi connectivity index (χ2v) is 35.3. The van der Waals surface area contributed by atoms with Crippen LogP contribution in [0.1, 0.15) is 43.7 Å². The van der Waals surface area contributed by atoms with Gasteiger partial charge < -0.3 is 0 Å². The van der Waals surface area contributed by atoms with Crippen molar-refractivity contribution in [2.45, 2.75) is 52.1 Å². The summed E-state index contributed by atoms with van der Waals surface area (Å²) in [5.41, 5.74) is 5.00. The molecule has 1 aliphatic rings. The third-order valence-electron chi connectivity index (χ3n) is 5.73. The number of carbonyl (C=O) groups is 1. The van der Waals surface area contributed by atoms with Crippen molar-refractivity contribution in [2.75, 3.05) is 0 Å². The average Bonchev–Trinajstić information content (AvgIpc) is 3.00. The molecule has 2 aromatic rings.